The van der Waals surface area contributed by atoms with E-state index in [2.05, 4.69) is 10.2 Å². The Kier molecular flexibility index (Phi) is 8.01. The molecule has 1 fully saturated rings. The van der Waals surface area contributed by atoms with Crippen LogP contribution in [0.2, 0.25) is 0 Å². The Morgan fingerprint density at radius 3 is 2.44 bits per heavy atom. The van der Waals surface area contributed by atoms with E-state index in [9.17, 15) is 14.0 Å². The van der Waals surface area contributed by atoms with Gasteiger partial charge < -0.3 is 14.8 Å². The van der Waals surface area contributed by atoms with Crippen molar-refractivity contribution in [2.45, 2.75) is 6.54 Å². The number of morpholine rings is 1. The van der Waals surface area contributed by atoms with Crippen LogP contribution in [0.3, 0.4) is 0 Å². The molecule has 0 unspecified atom stereocenters. The zero-order chi connectivity index (χ0) is 23.8. The van der Waals surface area contributed by atoms with Gasteiger partial charge in [0.2, 0.25) is 0 Å². The lowest BCUT2D eigenvalue weighted by atomic mass is 9.98. The van der Waals surface area contributed by atoms with Gasteiger partial charge in [0.15, 0.2) is 5.78 Å². The van der Waals surface area contributed by atoms with Gasteiger partial charge in [-0.15, -0.1) is 0 Å². The Morgan fingerprint density at radius 1 is 0.941 bits per heavy atom. The fourth-order valence-electron chi connectivity index (χ4n) is 3.78. The van der Waals surface area contributed by atoms with Crippen molar-refractivity contribution in [3.63, 3.8) is 0 Å². The second kappa shape index (κ2) is 11.5. The molecule has 6 nitrogen and oxygen atoms in total. The fourth-order valence-corrected chi connectivity index (χ4v) is 3.78. The van der Waals surface area contributed by atoms with Crippen LogP contribution < -0.4 is 10.1 Å². The molecule has 0 spiro atoms. The number of amides is 1. The number of ether oxygens (including phenoxy) is 2. The van der Waals surface area contributed by atoms with Gasteiger partial charge in [-0.25, -0.2) is 4.39 Å². The summed E-state index contributed by atoms with van der Waals surface area (Å²) in [5, 5.41) is 2.88. The van der Waals surface area contributed by atoms with Crippen molar-refractivity contribution in [1.29, 1.82) is 0 Å². The molecule has 0 atom stereocenters. The highest BCUT2D eigenvalue weighted by molar-refractivity contribution is 6.15. The van der Waals surface area contributed by atoms with Gasteiger partial charge in [0, 0.05) is 37.3 Å². The van der Waals surface area contributed by atoms with E-state index < -0.39 is 5.82 Å². The largest absolute Gasteiger partial charge is 0.492 e. The Balaban J connectivity index is 1.35. The molecule has 3 aromatic rings. The summed E-state index contributed by atoms with van der Waals surface area (Å²) in [5.41, 5.74) is 1.75. The summed E-state index contributed by atoms with van der Waals surface area (Å²) in [6.07, 6.45) is 0. The predicted octanol–water partition coefficient (Wildman–Crippen LogP) is 3.70. The van der Waals surface area contributed by atoms with Crippen molar-refractivity contribution in [3.05, 3.63) is 101 Å². The smallest absolute Gasteiger partial charge is 0.252 e. The van der Waals surface area contributed by atoms with Crippen molar-refractivity contribution in [1.82, 2.24) is 10.2 Å². The van der Waals surface area contributed by atoms with E-state index >= 15 is 0 Å². The van der Waals surface area contributed by atoms with Crippen molar-refractivity contribution in [3.8, 4) is 5.75 Å². The first-order valence-electron chi connectivity index (χ1n) is 11.3. The molecule has 0 saturated carbocycles. The molecular formula is C27H27FN2O4. The zero-order valence-electron chi connectivity index (χ0n) is 18.8. The number of rotatable bonds is 9. The Labute approximate surface area is 198 Å². The van der Waals surface area contributed by atoms with E-state index in [4.69, 9.17) is 9.47 Å². The average molecular weight is 463 g/mol. The lowest BCUT2D eigenvalue weighted by Gasteiger charge is -2.26. The predicted molar refractivity (Wildman–Crippen MR) is 127 cm³/mol. The van der Waals surface area contributed by atoms with Gasteiger partial charge in [0.25, 0.3) is 5.91 Å². The van der Waals surface area contributed by atoms with E-state index in [-0.39, 0.29) is 22.8 Å². The van der Waals surface area contributed by atoms with Gasteiger partial charge in [0.1, 0.15) is 18.2 Å². The van der Waals surface area contributed by atoms with Gasteiger partial charge in [0.05, 0.1) is 18.8 Å². The van der Waals surface area contributed by atoms with Crippen molar-refractivity contribution in [2.24, 2.45) is 0 Å². The second-order valence-electron chi connectivity index (χ2n) is 8.01. The third-order valence-electron chi connectivity index (χ3n) is 5.65. The Bertz CT molecular complexity index is 1130. The van der Waals surface area contributed by atoms with Crippen molar-refractivity contribution < 1.29 is 23.5 Å². The number of nitrogens with zero attached hydrogens (tertiary/aromatic N) is 1. The molecule has 3 aromatic carbocycles. The van der Waals surface area contributed by atoms with Gasteiger partial charge in [-0.3, -0.25) is 14.5 Å². The summed E-state index contributed by atoms with van der Waals surface area (Å²) in [5.74, 6) is -0.368. The first-order chi connectivity index (χ1) is 16.6. The molecule has 34 heavy (non-hydrogen) atoms. The first-order valence-corrected chi connectivity index (χ1v) is 11.3. The van der Waals surface area contributed by atoms with E-state index in [0.717, 1.165) is 44.2 Å². The minimum Gasteiger partial charge on any atom is -0.492 e. The van der Waals surface area contributed by atoms with Crippen LogP contribution in [0.5, 0.6) is 5.75 Å². The van der Waals surface area contributed by atoms with E-state index in [0.29, 0.717) is 18.7 Å². The molecular weight excluding hydrogens is 435 g/mol. The number of hydrogen-bond donors (Lipinski definition) is 1. The lowest BCUT2D eigenvalue weighted by Crippen LogP contribution is -2.38. The van der Waals surface area contributed by atoms with Gasteiger partial charge in [-0.2, -0.15) is 0 Å². The normalized spacial score (nSPS) is 13.9. The number of nitrogens with one attached hydrogen (secondary N) is 1. The minimum atomic E-state index is -0.421. The number of halogens is 1. The summed E-state index contributed by atoms with van der Waals surface area (Å²) >= 11 is 0. The number of carbonyl (C=O) groups excluding carboxylic acids is 2. The highest BCUT2D eigenvalue weighted by atomic mass is 19.1. The highest BCUT2D eigenvalue weighted by Gasteiger charge is 2.18. The van der Waals surface area contributed by atoms with E-state index in [1.54, 1.807) is 24.3 Å². The average Bonchev–Trinajstić information content (AvgIpc) is 2.88. The maximum atomic E-state index is 13.2. The molecule has 1 heterocycles. The standard InChI is InChI=1S/C27H27FN2O4/c28-22-10-8-21(9-11-22)26(31)24-6-1-2-7-25(24)27(32)29-19-20-4-3-5-23(18-20)34-17-14-30-12-15-33-16-13-30/h1-11,18H,12-17,19H2,(H,29,32). The topological polar surface area (TPSA) is 67.9 Å². The second-order valence-corrected chi connectivity index (χ2v) is 8.01. The Morgan fingerprint density at radius 2 is 1.68 bits per heavy atom. The lowest BCUT2D eigenvalue weighted by molar-refractivity contribution is 0.0322. The van der Waals surface area contributed by atoms with Crippen LogP contribution in [0.1, 0.15) is 31.8 Å². The molecule has 1 saturated heterocycles. The molecule has 1 amide bonds. The third kappa shape index (κ3) is 6.27. The van der Waals surface area contributed by atoms with E-state index in [1.807, 2.05) is 24.3 Å². The number of carbonyl (C=O) groups is 2. The molecule has 0 aromatic heterocycles. The zero-order valence-corrected chi connectivity index (χ0v) is 18.8. The molecule has 4 rings (SSSR count). The van der Waals surface area contributed by atoms with Crippen molar-refractivity contribution >= 4 is 11.7 Å². The van der Waals surface area contributed by atoms with Crippen LogP contribution in [0.15, 0.2) is 72.8 Å². The monoisotopic (exact) mass is 462 g/mol. The van der Waals surface area contributed by atoms with Gasteiger partial charge >= 0.3 is 0 Å². The third-order valence-corrected chi connectivity index (χ3v) is 5.65. The SMILES string of the molecule is O=C(NCc1cccc(OCCN2CCOCC2)c1)c1ccccc1C(=O)c1ccc(F)cc1. The maximum absolute atomic E-state index is 13.2. The molecule has 1 aliphatic rings. The Hall–Kier alpha value is -3.55. The van der Waals surface area contributed by atoms with Crippen LogP contribution in [0.4, 0.5) is 4.39 Å². The van der Waals surface area contributed by atoms with Crippen LogP contribution in [0, 0.1) is 5.82 Å². The fraction of sp³-hybridized carbons (Fsp3) is 0.259. The number of hydrogen-bond acceptors (Lipinski definition) is 5. The quantitative estimate of drug-likeness (QED) is 0.491. The highest BCUT2D eigenvalue weighted by Crippen LogP contribution is 2.17. The van der Waals surface area contributed by atoms with Crippen LogP contribution in [-0.4, -0.2) is 56.0 Å². The van der Waals surface area contributed by atoms with Gasteiger partial charge in [-0.05, 0) is 48.0 Å². The summed E-state index contributed by atoms with van der Waals surface area (Å²) < 4.78 is 24.5. The summed E-state index contributed by atoms with van der Waals surface area (Å²) in [4.78, 5) is 28.1. The molecule has 0 radical (unpaired) electrons. The molecule has 0 bridgehead atoms. The van der Waals surface area contributed by atoms with Crippen molar-refractivity contribution in [2.75, 3.05) is 39.5 Å². The molecule has 7 heteroatoms. The molecule has 176 valence electrons. The summed E-state index contributed by atoms with van der Waals surface area (Å²) in [7, 11) is 0. The van der Waals surface area contributed by atoms with E-state index in [1.165, 1.54) is 24.3 Å². The molecule has 0 aliphatic carbocycles. The molecule has 1 N–H and O–H groups in total. The molecule has 1 aliphatic heterocycles. The maximum Gasteiger partial charge on any atom is 0.252 e. The van der Waals surface area contributed by atoms with Crippen LogP contribution >= 0.6 is 0 Å². The minimum absolute atomic E-state index is 0.270. The number of ketones is 1. The summed E-state index contributed by atoms with van der Waals surface area (Å²) in [6.45, 7) is 5.05. The number of benzene rings is 3. The summed E-state index contributed by atoms with van der Waals surface area (Å²) in [6, 6.07) is 19.5. The first kappa shape index (κ1) is 23.6. The van der Waals surface area contributed by atoms with Crippen LogP contribution in [0.25, 0.3) is 0 Å². The van der Waals surface area contributed by atoms with Crippen LogP contribution in [-0.2, 0) is 11.3 Å². The van der Waals surface area contributed by atoms with Gasteiger partial charge in [-0.1, -0.05) is 30.3 Å².